The molecule has 2 heteroatoms. The van der Waals surface area contributed by atoms with E-state index in [1.165, 1.54) is 5.56 Å². The van der Waals surface area contributed by atoms with Gasteiger partial charge < -0.3 is 9.84 Å². The van der Waals surface area contributed by atoms with Gasteiger partial charge in [-0.3, -0.25) is 0 Å². The fourth-order valence-corrected chi connectivity index (χ4v) is 0.886. The van der Waals surface area contributed by atoms with Crippen LogP contribution in [0.2, 0.25) is 0 Å². The van der Waals surface area contributed by atoms with E-state index in [2.05, 4.69) is 0 Å². The minimum Gasteiger partial charge on any atom is -0.488 e. The van der Waals surface area contributed by atoms with Gasteiger partial charge in [0.1, 0.15) is 11.9 Å². The summed E-state index contributed by atoms with van der Waals surface area (Å²) in [5.74, 6) is 0.808. The maximum atomic E-state index is 8.73. The molecule has 66 valence electrons. The summed E-state index contributed by atoms with van der Waals surface area (Å²) in [6.45, 7) is 3.91. The number of hydrogen-bond donors (Lipinski definition) is 1. The van der Waals surface area contributed by atoms with Gasteiger partial charge in [0, 0.05) is 0 Å². The molecule has 0 radical (unpaired) electrons. The lowest BCUT2D eigenvalue weighted by molar-refractivity contribution is 0.130. The molecule has 1 atom stereocenters. The Labute approximate surface area is 72.8 Å². The van der Waals surface area contributed by atoms with Crippen molar-refractivity contribution in [3.63, 3.8) is 0 Å². The van der Waals surface area contributed by atoms with Gasteiger partial charge in [0.25, 0.3) is 0 Å². The maximum absolute atomic E-state index is 8.73. The van der Waals surface area contributed by atoms with E-state index in [0.29, 0.717) is 0 Å². The van der Waals surface area contributed by atoms with Crippen LogP contribution < -0.4 is 4.74 Å². The van der Waals surface area contributed by atoms with Crippen molar-refractivity contribution < 1.29 is 9.84 Å². The maximum Gasteiger partial charge on any atom is 0.119 e. The number of aryl methyl sites for hydroxylation is 1. The van der Waals surface area contributed by atoms with E-state index in [4.69, 9.17) is 9.84 Å². The number of benzene rings is 1. The Balaban J connectivity index is 2.58. The molecule has 0 saturated carbocycles. The predicted octanol–water partition coefficient (Wildman–Crippen LogP) is 1.75. The molecular formula is C10H14O2. The zero-order valence-corrected chi connectivity index (χ0v) is 7.45. The van der Waals surface area contributed by atoms with E-state index in [0.717, 1.165) is 5.75 Å². The highest BCUT2D eigenvalue weighted by Crippen LogP contribution is 2.12. The minimum absolute atomic E-state index is 0.0495. The number of aliphatic hydroxyl groups is 1. The largest absolute Gasteiger partial charge is 0.488 e. The van der Waals surface area contributed by atoms with Gasteiger partial charge in [-0.2, -0.15) is 0 Å². The summed E-state index contributed by atoms with van der Waals surface area (Å²) in [5, 5.41) is 8.73. The molecular weight excluding hydrogens is 152 g/mol. The van der Waals surface area contributed by atoms with Gasteiger partial charge in [0.05, 0.1) is 6.61 Å². The zero-order chi connectivity index (χ0) is 8.97. The second kappa shape index (κ2) is 4.12. The lowest BCUT2D eigenvalue weighted by atomic mass is 10.2. The van der Waals surface area contributed by atoms with Crippen molar-refractivity contribution in [2.75, 3.05) is 6.61 Å². The molecule has 1 N–H and O–H groups in total. The molecule has 0 aliphatic rings. The standard InChI is InChI=1S/C10H14O2/c1-8-3-5-10(6-4-8)12-9(2)7-11/h3-6,9,11H,7H2,1-2H3. The molecule has 1 aromatic rings. The van der Waals surface area contributed by atoms with Gasteiger partial charge in [0.2, 0.25) is 0 Å². The molecule has 0 spiro atoms. The number of ether oxygens (including phenoxy) is 1. The van der Waals surface area contributed by atoms with Crippen LogP contribution in [0.5, 0.6) is 5.75 Å². The molecule has 0 heterocycles. The summed E-state index contributed by atoms with van der Waals surface area (Å²) in [7, 11) is 0. The number of rotatable bonds is 3. The van der Waals surface area contributed by atoms with Crippen molar-refractivity contribution in [1.82, 2.24) is 0 Å². The van der Waals surface area contributed by atoms with Crippen molar-refractivity contribution in [2.45, 2.75) is 20.0 Å². The van der Waals surface area contributed by atoms with Gasteiger partial charge in [-0.1, -0.05) is 17.7 Å². The van der Waals surface area contributed by atoms with E-state index in [1.54, 1.807) is 0 Å². The second-order valence-electron chi connectivity index (χ2n) is 2.92. The molecule has 1 rings (SSSR count). The van der Waals surface area contributed by atoms with Crippen LogP contribution in [-0.4, -0.2) is 17.8 Å². The van der Waals surface area contributed by atoms with Crippen molar-refractivity contribution in [1.29, 1.82) is 0 Å². The van der Waals surface area contributed by atoms with Crippen molar-refractivity contribution in [2.24, 2.45) is 0 Å². The van der Waals surface area contributed by atoms with Gasteiger partial charge in [-0.05, 0) is 26.0 Å². The van der Waals surface area contributed by atoms with Crippen LogP contribution in [0.15, 0.2) is 24.3 Å². The van der Waals surface area contributed by atoms with E-state index in [-0.39, 0.29) is 12.7 Å². The summed E-state index contributed by atoms with van der Waals surface area (Å²) < 4.78 is 5.37. The van der Waals surface area contributed by atoms with Gasteiger partial charge >= 0.3 is 0 Å². The number of hydrogen-bond acceptors (Lipinski definition) is 2. The molecule has 0 saturated heterocycles. The van der Waals surface area contributed by atoms with Gasteiger partial charge in [-0.15, -0.1) is 0 Å². The van der Waals surface area contributed by atoms with E-state index in [9.17, 15) is 0 Å². The highest BCUT2D eigenvalue weighted by molar-refractivity contribution is 5.26. The van der Waals surface area contributed by atoms with Crippen LogP contribution in [0.4, 0.5) is 0 Å². The topological polar surface area (TPSA) is 29.5 Å². The lowest BCUT2D eigenvalue weighted by Gasteiger charge is -2.11. The Kier molecular flexibility index (Phi) is 3.11. The summed E-state index contributed by atoms with van der Waals surface area (Å²) in [5.41, 5.74) is 1.21. The van der Waals surface area contributed by atoms with E-state index < -0.39 is 0 Å². The SMILES string of the molecule is Cc1ccc(OC(C)CO)cc1. The molecule has 1 unspecified atom stereocenters. The Hall–Kier alpha value is -1.02. The fraction of sp³-hybridized carbons (Fsp3) is 0.400. The molecule has 0 amide bonds. The van der Waals surface area contributed by atoms with Gasteiger partial charge in [0.15, 0.2) is 0 Å². The minimum atomic E-state index is -0.132. The monoisotopic (exact) mass is 166 g/mol. The first-order valence-corrected chi connectivity index (χ1v) is 4.06. The summed E-state index contributed by atoms with van der Waals surface area (Å²) in [4.78, 5) is 0. The predicted molar refractivity (Wildman–Crippen MR) is 48.4 cm³/mol. The summed E-state index contributed by atoms with van der Waals surface area (Å²) >= 11 is 0. The van der Waals surface area contributed by atoms with Gasteiger partial charge in [-0.25, -0.2) is 0 Å². The summed E-state index contributed by atoms with van der Waals surface area (Å²) in [6.07, 6.45) is -0.132. The first-order valence-electron chi connectivity index (χ1n) is 4.06. The lowest BCUT2D eigenvalue weighted by Crippen LogP contribution is -2.15. The van der Waals surface area contributed by atoms with Crippen molar-refractivity contribution >= 4 is 0 Å². The molecule has 0 fully saturated rings. The quantitative estimate of drug-likeness (QED) is 0.741. The highest BCUT2D eigenvalue weighted by atomic mass is 16.5. The average Bonchev–Trinajstić information content (AvgIpc) is 2.09. The van der Waals surface area contributed by atoms with E-state index >= 15 is 0 Å². The normalized spacial score (nSPS) is 12.6. The summed E-state index contributed by atoms with van der Waals surface area (Å²) in [6, 6.07) is 7.78. The molecule has 0 aliphatic heterocycles. The van der Waals surface area contributed by atoms with Crippen LogP contribution in [-0.2, 0) is 0 Å². The molecule has 1 aromatic carbocycles. The molecule has 0 aromatic heterocycles. The smallest absolute Gasteiger partial charge is 0.119 e. The first kappa shape index (κ1) is 9.07. The van der Waals surface area contributed by atoms with Crippen LogP contribution in [0.1, 0.15) is 12.5 Å². The van der Waals surface area contributed by atoms with Crippen LogP contribution in [0.25, 0.3) is 0 Å². The third-order valence-electron chi connectivity index (χ3n) is 1.62. The van der Waals surface area contributed by atoms with Crippen LogP contribution in [0.3, 0.4) is 0 Å². The first-order chi connectivity index (χ1) is 5.72. The molecule has 12 heavy (non-hydrogen) atoms. The van der Waals surface area contributed by atoms with Crippen molar-refractivity contribution in [3.05, 3.63) is 29.8 Å². The van der Waals surface area contributed by atoms with Crippen LogP contribution in [0, 0.1) is 6.92 Å². The number of aliphatic hydroxyl groups excluding tert-OH is 1. The molecule has 2 nitrogen and oxygen atoms in total. The Bertz CT molecular complexity index is 228. The third-order valence-corrected chi connectivity index (χ3v) is 1.62. The Morgan fingerprint density at radius 3 is 2.42 bits per heavy atom. The van der Waals surface area contributed by atoms with E-state index in [1.807, 2.05) is 38.1 Å². The third kappa shape index (κ3) is 2.55. The second-order valence-corrected chi connectivity index (χ2v) is 2.92. The van der Waals surface area contributed by atoms with Crippen LogP contribution >= 0.6 is 0 Å². The average molecular weight is 166 g/mol. The zero-order valence-electron chi connectivity index (χ0n) is 7.45. The highest BCUT2D eigenvalue weighted by Gasteiger charge is 2.00. The Morgan fingerprint density at radius 2 is 1.92 bits per heavy atom. The van der Waals surface area contributed by atoms with Crippen molar-refractivity contribution in [3.8, 4) is 5.75 Å². The fourth-order valence-electron chi connectivity index (χ4n) is 0.886. The Morgan fingerprint density at radius 1 is 1.33 bits per heavy atom. The molecule has 0 aliphatic carbocycles. The molecule has 0 bridgehead atoms.